The average Bonchev–Trinajstić information content (AvgIpc) is 3.81. The molecule has 0 fully saturated rings. The van der Waals surface area contributed by atoms with Crippen LogP contribution in [0, 0.1) is 0 Å². The topological polar surface area (TPSA) is 34.2 Å². The lowest BCUT2D eigenvalue weighted by atomic mass is 10.0. The molecule has 11 aromatic rings. The van der Waals surface area contributed by atoms with Crippen molar-refractivity contribution in [1.29, 1.82) is 0 Å². The zero-order valence-corrected chi connectivity index (χ0v) is 29.8. The summed E-state index contributed by atoms with van der Waals surface area (Å²) >= 11 is 0. The Balaban J connectivity index is 0.976. The third-order valence-corrected chi connectivity index (χ3v) is 10.9. The first-order valence-corrected chi connectivity index (χ1v) is 18.6. The van der Waals surface area contributed by atoms with Gasteiger partial charge >= 0.3 is 0 Å². The normalized spacial score (nSPS) is 11.6. The van der Waals surface area contributed by atoms with Crippen LogP contribution in [0.5, 0.6) is 0 Å². The molecule has 55 heavy (non-hydrogen) atoms. The summed E-state index contributed by atoms with van der Waals surface area (Å²) in [6, 6.07) is 67.2. The number of hydrogen-bond donors (Lipinski definition) is 0. The number of para-hydroxylation sites is 3. The summed E-state index contributed by atoms with van der Waals surface area (Å²) in [5, 5.41) is 7.20. The van der Waals surface area contributed by atoms with Crippen LogP contribution in [0.1, 0.15) is 0 Å². The maximum atomic E-state index is 6.14. The Morgan fingerprint density at radius 3 is 1.93 bits per heavy atom. The van der Waals surface area contributed by atoms with Gasteiger partial charge in [0.05, 0.1) is 17.2 Å². The molecule has 0 spiro atoms. The summed E-state index contributed by atoms with van der Waals surface area (Å²) in [6.07, 6.45) is 3.74. The minimum absolute atomic E-state index is 0.794. The summed E-state index contributed by atoms with van der Waals surface area (Å²) in [4.78, 5) is 6.83. The van der Waals surface area contributed by atoms with Crippen LogP contribution in [-0.4, -0.2) is 9.55 Å². The van der Waals surface area contributed by atoms with Crippen molar-refractivity contribution in [3.63, 3.8) is 0 Å². The van der Waals surface area contributed by atoms with Gasteiger partial charge in [-0.25, -0.2) is 0 Å². The molecule has 8 aromatic carbocycles. The Hall–Kier alpha value is -7.43. The van der Waals surface area contributed by atoms with Gasteiger partial charge in [0.25, 0.3) is 0 Å². The number of hydrogen-bond acceptors (Lipinski definition) is 3. The van der Waals surface area contributed by atoms with Gasteiger partial charge in [-0.3, -0.25) is 4.98 Å². The average molecular weight is 704 g/mol. The highest BCUT2D eigenvalue weighted by atomic mass is 16.3. The van der Waals surface area contributed by atoms with Crippen LogP contribution in [0.25, 0.3) is 82.5 Å². The standard InChI is InChI=1S/C51H33N3O/c1-2-13-38(14-3-1)53(40-28-23-36(24-29-40)46-32-52-33-49-50(46)45-18-7-9-20-48(45)55-49)39-26-21-34(22-27-39)37-12-10-15-41(31-37)54-47-19-8-6-17-43(47)44-30-25-35-11-4-5-16-42(35)51(44)54/h1-33H. The molecule has 0 saturated heterocycles. The first kappa shape index (κ1) is 31.1. The molecule has 0 amide bonds. The zero-order chi connectivity index (χ0) is 36.3. The summed E-state index contributed by atoms with van der Waals surface area (Å²) in [6.45, 7) is 0. The Kier molecular flexibility index (Phi) is 7.14. The predicted molar refractivity (Wildman–Crippen MR) is 229 cm³/mol. The number of aromatic nitrogens is 2. The maximum absolute atomic E-state index is 6.14. The molecule has 4 heteroatoms. The summed E-state index contributed by atoms with van der Waals surface area (Å²) < 4.78 is 8.56. The third kappa shape index (κ3) is 5.11. The third-order valence-electron chi connectivity index (χ3n) is 10.9. The van der Waals surface area contributed by atoms with Crippen molar-refractivity contribution in [1.82, 2.24) is 9.55 Å². The molecule has 0 N–H and O–H groups in total. The lowest BCUT2D eigenvalue weighted by Gasteiger charge is -2.26. The summed E-state index contributed by atoms with van der Waals surface area (Å²) in [7, 11) is 0. The molecule has 11 rings (SSSR count). The molecule has 258 valence electrons. The van der Waals surface area contributed by atoms with E-state index in [0.717, 1.165) is 61.4 Å². The highest BCUT2D eigenvalue weighted by Crippen LogP contribution is 2.41. The van der Waals surface area contributed by atoms with E-state index in [9.17, 15) is 0 Å². The minimum Gasteiger partial charge on any atom is -0.454 e. The van der Waals surface area contributed by atoms with E-state index in [1.807, 2.05) is 18.3 Å². The van der Waals surface area contributed by atoms with Crippen molar-refractivity contribution in [2.45, 2.75) is 0 Å². The highest BCUT2D eigenvalue weighted by molar-refractivity contribution is 6.18. The van der Waals surface area contributed by atoms with Gasteiger partial charge in [0, 0.05) is 61.4 Å². The fourth-order valence-corrected chi connectivity index (χ4v) is 8.34. The second kappa shape index (κ2) is 12.6. The first-order chi connectivity index (χ1) is 27.3. The van der Waals surface area contributed by atoms with Gasteiger partial charge < -0.3 is 13.9 Å². The van der Waals surface area contributed by atoms with E-state index in [4.69, 9.17) is 4.42 Å². The van der Waals surface area contributed by atoms with E-state index in [-0.39, 0.29) is 0 Å². The van der Waals surface area contributed by atoms with Crippen molar-refractivity contribution in [2.75, 3.05) is 4.90 Å². The maximum Gasteiger partial charge on any atom is 0.154 e. The fraction of sp³-hybridized carbons (Fsp3) is 0. The van der Waals surface area contributed by atoms with Crippen molar-refractivity contribution >= 4 is 71.6 Å². The van der Waals surface area contributed by atoms with E-state index >= 15 is 0 Å². The number of rotatable bonds is 6. The van der Waals surface area contributed by atoms with Gasteiger partial charge in [-0.05, 0) is 82.7 Å². The SMILES string of the molecule is c1ccc(N(c2ccc(-c3cccc(-n4c5ccccc5c5ccc6ccccc6c54)c3)cc2)c2ccc(-c3cncc4oc5ccccc5c34)cc2)cc1. The molecule has 0 atom stereocenters. The first-order valence-electron chi connectivity index (χ1n) is 18.6. The van der Waals surface area contributed by atoms with Gasteiger partial charge in [-0.15, -0.1) is 0 Å². The number of benzene rings is 8. The van der Waals surface area contributed by atoms with E-state index in [2.05, 4.69) is 190 Å². The lowest BCUT2D eigenvalue weighted by Crippen LogP contribution is -2.09. The lowest BCUT2D eigenvalue weighted by molar-refractivity contribution is 0.667. The number of fused-ring (bicyclic) bond motifs is 8. The zero-order valence-electron chi connectivity index (χ0n) is 29.8. The predicted octanol–water partition coefficient (Wildman–Crippen LogP) is 14.0. The van der Waals surface area contributed by atoms with Crippen molar-refractivity contribution in [3.8, 4) is 27.9 Å². The molecule has 0 unspecified atom stereocenters. The van der Waals surface area contributed by atoms with Gasteiger partial charge in [0.1, 0.15) is 5.58 Å². The van der Waals surface area contributed by atoms with Crippen LogP contribution >= 0.6 is 0 Å². The number of furan rings is 1. The van der Waals surface area contributed by atoms with Crippen molar-refractivity contribution < 1.29 is 4.42 Å². The number of nitrogens with zero attached hydrogens (tertiary/aromatic N) is 3. The monoisotopic (exact) mass is 703 g/mol. The van der Waals surface area contributed by atoms with Gasteiger partial charge in [0.2, 0.25) is 0 Å². The van der Waals surface area contributed by atoms with Crippen LogP contribution < -0.4 is 4.90 Å². The van der Waals surface area contributed by atoms with Crippen LogP contribution in [0.15, 0.2) is 205 Å². The molecule has 0 saturated carbocycles. The second-order valence-corrected chi connectivity index (χ2v) is 14.0. The molecule has 0 aliphatic rings. The Bertz CT molecular complexity index is 3190. The Morgan fingerprint density at radius 1 is 0.436 bits per heavy atom. The second-order valence-electron chi connectivity index (χ2n) is 14.0. The van der Waals surface area contributed by atoms with E-state index < -0.39 is 0 Å². The van der Waals surface area contributed by atoms with Crippen molar-refractivity contribution in [3.05, 3.63) is 200 Å². The molecule has 0 radical (unpaired) electrons. The Morgan fingerprint density at radius 2 is 1.11 bits per heavy atom. The molecular formula is C51H33N3O. The molecule has 0 aliphatic carbocycles. The van der Waals surface area contributed by atoms with Crippen molar-refractivity contribution in [2.24, 2.45) is 0 Å². The molecule has 3 heterocycles. The number of pyridine rings is 1. The van der Waals surface area contributed by atoms with E-state index in [1.165, 1.54) is 38.1 Å². The fourth-order valence-electron chi connectivity index (χ4n) is 8.34. The smallest absolute Gasteiger partial charge is 0.154 e. The summed E-state index contributed by atoms with van der Waals surface area (Å²) in [5.41, 5.74) is 13.0. The largest absolute Gasteiger partial charge is 0.454 e. The molecule has 4 nitrogen and oxygen atoms in total. The number of anilines is 3. The minimum atomic E-state index is 0.794. The summed E-state index contributed by atoms with van der Waals surface area (Å²) in [5.74, 6) is 0. The van der Waals surface area contributed by atoms with E-state index in [1.54, 1.807) is 6.20 Å². The Labute approximate surface area is 317 Å². The van der Waals surface area contributed by atoms with Gasteiger partial charge in [-0.1, -0.05) is 127 Å². The van der Waals surface area contributed by atoms with Crippen LogP contribution in [0.4, 0.5) is 17.1 Å². The highest BCUT2D eigenvalue weighted by Gasteiger charge is 2.18. The quantitative estimate of drug-likeness (QED) is 0.173. The van der Waals surface area contributed by atoms with Crippen LogP contribution in [0.3, 0.4) is 0 Å². The van der Waals surface area contributed by atoms with Gasteiger partial charge in [0.15, 0.2) is 5.58 Å². The molecule has 0 aliphatic heterocycles. The molecular weight excluding hydrogens is 671 g/mol. The molecule has 0 bridgehead atoms. The van der Waals surface area contributed by atoms with Crippen LogP contribution in [0.2, 0.25) is 0 Å². The van der Waals surface area contributed by atoms with Gasteiger partial charge in [-0.2, -0.15) is 0 Å². The molecule has 3 aromatic heterocycles. The van der Waals surface area contributed by atoms with E-state index in [0.29, 0.717) is 0 Å². The van der Waals surface area contributed by atoms with Crippen LogP contribution in [-0.2, 0) is 0 Å².